The number of amides is 2. The van der Waals surface area contributed by atoms with Crippen LogP contribution in [0.25, 0.3) is 0 Å². The molecule has 2 amide bonds. The van der Waals surface area contributed by atoms with Gasteiger partial charge >= 0.3 is 0 Å². The van der Waals surface area contributed by atoms with Crippen LogP contribution in [0.15, 0.2) is 0 Å². The lowest BCUT2D eigenvalue weighted by atomic mass is 10.0. The Labute approximate surface area is 120 Å². The quantitative estimate of drug-likeness (QED) is 0.734. The van der Waals surface area contributed by atoms with Gasteiger partial charge in [0.05, 0.1) is 6.54 Å². The summed E-state index contributed by atoms with van der Waals surface area (Å²) in [5.74, 6) is 0.0347. The molecule has 2 rings (SSSR count). The van der Waals surface area contributed by atoms with Crippen LogP contribution < -0.4 is 11.1 Å². The molecule has 6 heteroatoms. The maximum absolute atomic E-state index is 12.5. The van der Waals surface area contributed by atoms with Crippen molar-refractivity contribution in [3.8, 4) is 0 Å². The van der Waals surface area contributed by atoms with Gasteiger partial charge < -0.3 is 16.0 Å². The molecule has 0 aromatic rings. The van der Waals surface area contributed by atoms with Crippen LogP contribution in [0.2, 0.25) is 0 Å². The smallest absolute Gasteiger partial charge is 0.242 e. The molecule has 6 nitrogen and oxygen atoms in total. The van der Waals surface area contributed by atoms with E-state index in [4.69, 9.17) is 5.73 Å². The van der Waals surface area contributed by atoms with Gasteiger partial charge in [0, 0.05) is 32.7 Å². The predicted octanol–water partition coefficient (Wildman–Crippen LogP) is -0.463. The Kier molecular flexibility index (Phi) is 5.37. The highest BCUT2D eigenvalue weighted by Gasteiger charge is 2.32. The molecule has 1 unspecified atom stereocenters. The molecule has 0 aliphatic carbocycles. The summed E-state index contributed by atoms with van der Waals surface area (Å²) in [6, 6.07) is -0.0109. The SMILES string of the molecule is CNC(=O)C1CCCCN1C(=O)CN1CCC(N)CC1. The standard InChI is InChI=1S/C14H26N4O2/c1-16-14(20)12-4-2-3-7-18(12)13(19)10-17-8-5-11(15)6-9-17/h11-12H,2-10,15H2,1H3,(H,16,20). The number of likely N-dealkylation sites (N-methyl/N-ethyl adjacent to an activating group) is 1. The van der Waals surface area contributed by atoms with Crippen molar-refractivity contribution in [2.75, 3.05) is 33.2 Å². The number of nitrogens with one attached hydrogen (secondary N) is 1. The highest BCUT2D eigenvalue weighted by Crippen LogP contribution is 2.18. The Balaban J connectivity index is 1.90. The second kappa shape index (κ2) is 7.04. The largest absolute Gasteiger partial charge is 0.357 e. The summed E-state index contributed by atoms with van der Waals surface area (Å²) in [6.45, 7) is 2.88. The number of likely N-dealkylation sites (tertiary alicyclic amines) is 2. The first-order valence-electron chi connectivity index (χ1n) is 7.61. The minimum Gasteiger partial charge on any atom is -0.357 e. The maximum atomic E-state index is 12.5. The fraction of sp³-hybridized carbons (Fsp3) is 0.857. The predicted molar refractivity (Wildman–Crippen MR) is 77.1 cm³/mol. The summed E-state index contributed by atoms with van der Waals surface area (Å²) < 4.78 is 0. The second-order valence-corrected chi connectivity index (χ2v) is 5.83. The van der Waals surface area contributed by atoms with Crippen LogP contribution in [-0.2, 0) is 9.59 Å². The lowest BCUT2D eigenvalue weighted by Crippen LogP contribution is -2.54. The number of hydrogen-bond acceptors (Lipinski definition) is 4. The zero-order valence-electron chi connectivity index (χ0n) is 12.3. The van der Waals surface area contributed by atoms with Crippen molar-refractivity contribution in [1.82, 2.24) is 15.1 Å². The number of carbonyl (C=O) groups is 2. The van der Waals surface area contributed by atoms with Gasteiger partial charge in [0.25, 0.3) is 0 Å². The van der Waals surface area contributed by atoms with Gasteiger partial charge in [-0.3, -0.25) is 14.5 Å². The van der Waals surface area contributed by atoms with E-state index >= 15 is 0 Å². The van der Waals surface area contributed by atoms with E-state index in [-0.39, 0.29) is 23.9 Å². The van der Waals surface area contributed by atoms with E-state index in [1.807, 2.05) is 0 Å². The summed E-state index contributed by atoms with van der Waals surface area (Å²) >= 11 is 0. The third kappa shape index (κ3) is 3.70. The molecule has 0 saturated carbocycles. The van der Waals surface area contributed by atoms with Gasteiger partial charge in [0.2, 0.25) is 11.8 Å². The average molecular weight is 282 g/mol. The molecule has 0 aromatic heterocycles. The molecule has 2 aliphatic heterocycles. The van der Waals surface area contributed by atoms with Gasteiger partial charge in [-0.15, -0.1) is 0 Å². The summed E-state index contributed by atoms with van der Waals surface area (Å²) in [6.07, 6.45) is 4.68. The van der Waals surface area contributed by atoms with Crippen molar-refractivity contribution in [3.63, 3.8) is 0 Å². The highest BCUT2D eigenvalue weighted by atomic mass is 16.2. The molecule has 2 fully saturated rings. The summed E-state index contributed by atoms with van der Waals surface area (Å²) in [7, 11) is 1.63. The zero-order chi connectivity index (χ0) is 14.5. The van der Waals surface area contributed by atoms with E-state index in [2.05, 4.69) is 10.2 Å². The number of rotatable bonds is 3. The minimum absolute atomic E-state index is 0.0429. The monoisotopic (exact) mass is 282 g/mol. The Morgan fingerprint density at radius 3 is 2.50 bits per heavy atom. The van der Waals surface area contributed by atoms with Crippen LogP contribution in [0.5, 0.6) is 0 Å². The topological polar surface area (TPSA) is 78.7 Å². The Morgan fingerprint density at radius 1 is 1.15 bits per heavy atom. The fourth-order valence-electron chi connectivity index (χ4n) is 3.06. The molecule has 1 atom stereocenters. The van der Waals surface area contributed by atoms with Crippen molar-refractivity contribution in [2.45, 2.75) is 44.2 Å². The summed E-state index contributed by atoms with van der Waals surface area (Å²) in [5, 5.41) is 2.67. The zero-order valence-corrected chi connectivity index (χ0v) is 12.3. The van der Waals surface area contributed by atoms with Crippen LogP contribution in [0, 0.1) is 0 Å². The Morgan fingerprint density at radius 2 is 1.85 bits per heavy atom. The third-order valence-electron chi connectivity index (χ3n) is 4.36. The Bertz CT molecular complexity index is 353. The van der Waals surface area contributed by atoms with E-state index in [0.29, 0.717) is 13.1 Å². The van der Waals surface area contributed by atoms with E-state index in [1.54, 1.807) is 11.9 Å². The van der Waals surface area contributed by atoms with E-state index in [9.17, 15) is 9.59 Å². The number of carbonyl (C=O) groups excluding carboxylic acids is 2. The third-order valence-corrected chi connectivity index (χ3v) is 4.36. The molecule has 0 aromatic carbocycles. The first-order valence-corrected chi connectivity index (χ1v) is 7.61. The van der Waals surface area contributed by atoms with Crippen molar-refractivity contribution < 1.29 is 9.59 Å². The number of piperidine rings is 2. The lowest BCUT2D eigenvalue weighted by molar-refractivity contribution is -0.143. The molecule has 0 bridgehead atoms. The summed E-state index contributed by atoms with van der Waals surface area (Å²) in [5.41, 5.74) is 5.88. The van der Waals surface area contributed by atoms with Gasteiger partial charge in [-0.05, 0) is 32.1 Å². The average Bonchev–Trinajstić information content (AvgIpc) is 2.48. The van der Waals surface area contributed by atoms with Crippen LogP contribution in [0.4, 0.5) is 0 Å². The van der Waals surface area contributed by atoms with Gasteiger partial charge in [0.15, 0.2) is 0 Å². The van der Waals surface area contributed by atoms with Gasteiger partial charge in [-0.25, -0.2) is 0 Å². The molecule has 2 saturated heterocycles. The van der Waals surface area contributed by atoms with Crippen LogP contribution >= 0.6 is 0 Å². The highest BCUT2D eigenvalue weighted by molar-refractivity contribution is 5.88. The molecule has 0 radical (unpaired) electrons. The fourth-order valence-corrected chi connectivity index (χ4v) is 3.06. The molecule has 2 aliphatic rings. The molecular weight excluding hydrogens is 256 g/mol. The first kappa shape index (κ1) is 15.3. The van der Waals surface area contributed by atoms with Crippen LogP contribution in [0.1, 0.15) is 32.1 Å². The minimum atomic E-state index is -0.284. The molecule has 3 N–H and O–H groups in total. The van der Waals surface area contributed by atoms with Crippen LogP contribution in [-0.4, -0.2) is 66.9 Å². The second-order valence-electron chi connectivity index (χ2n) is 5.83. The summed E-state index contributed by atoms with van der Waals surface area (Å²) in [4.78, 5) is 28.2. The number of nitrogens with two attached hydrogens (primary N) is 1. The normalized spacial score (nSPS) is 25.5. The maximum Gasteiger partial charge on any atom is 0.242 e. The van der Waals surface area contributed by atoms with Gasteiger partial charge in [0.1, 0.15) is 6.04 Å². The Hall–Kier alpha value is -1.14. The van der Waals surface area contributed by atoms with E-state index in [1.165, 1.54) is 0 Å². The molecule has 20 heavy (non-hydrogen) atoms. The number of hydrogen-bond donors (Lipinski definition) is 2. The lowest BCUT2D eigenvalue weighted by Gasteiger charge is -2.37. The van der Waals surface area contributed by atoms with Crippen molar-refractivity contribution >= 4 is 11.8 Å². The van der Waals surface area contributed by atoms with E-state index < -0.39 is 0 Å². The van der Waals surface area contributed by atoms with Crippen molar-refractivity contribution in [3.05, 3.63) is 0 Å². The number of nitrogens with zero attached hydrogens (tertiary/aromatic N) is 2. The van der Waals surface area contributed by atoms with Crippen LogP contribution in [0.3, 0.4) is 0 Å². The van der Waals surface area contributed by atoms with Gasteiger partial charge in [-0.1, -0.05) is 0 Å². The van der Waals surface area contributed by atoms with Crippen molar-refractivity contribution in [2.24, 2.45) is 5.73 Å². The molecule has 114 valence electrons. The molecule has 2 heterocycles. The molecule has 0 spiro atoms. The first-order chi connectivity index (χ1) is 9.61. The van der Waals surface area contributed by atoms with Gasteiger partial charge in [-0.2, -0.15) is 0 Å². The van der Waals surface area contributed by atoms with Crippen molar-refractivity contribution in [1.29, 1.82) is 0 Å². The molecular formula is C14H26N4O2. The van der Waals surface area contributed by atoms with E-state index in [0.717, 1.165) is 45.2 Å².